The number of rotatable bonds is 2. The average molecular weight is 230 g/mol. The molecule has 0 amide bonds. The molecule has 0 aromatic rings. The summed E-state index contributed by atoms with van der Waals surface area (Å²) in [6.07, 6.45) is 14.8. The van der Waals surface area contributed by atoms with Gasteiger partial charge in [0.25, 0.3) is 0 Å². The van der Waals surface area contributed by atoms with E-state index >= 15 is 0 Å². The number of hydrogen-bond donors (Lipinski definition) is 0. The van der Waals surface area contributed by atoms with E-state index in [1.165, 1.54) is 32.1 Å². The van der Waals surface area contributed by atoms with Crippen LogP contribution in [0.1, 0.15) is 52.9 Å². The van der Waals surface area contributed by atoms with E-state index in [0.717, 1.165) is 23.7 Å². The molecular weight excluding hydrogens is 204 g/mol. The van der Waals surface area contributed by atoms with Crippen LogP contribution < -0.4 is 0 Å². The SMILES string of the molecule is CC1C2C=CC(C(C)(C)C3CCCCC3)=CC12. The highest BCUT2D eigenvalue weighted by atomic mass is 14.5. The Morgan fingerprint density at radius 1 is 1.06 bits per heavy atom. The molecule has 3 aliphatic carbocycles. The van der Waals surface area contributed by atoms with Gasteiger partial charge in [-0.15, -0.1) is 0 Å². The van der Waals surface area contributed by atoms with E-state index in [1.54, 1.807) is 5.57 Å². The highest BCUT2D eigenvalue weighted by molar-refractivity contribution is 5.36. The first-order valence-corrected chi connectivity index (χ1v) is 7.51. The predicted octanol–water partition coefficient (Wildman–Crippen LogP) is 4.97. The summed E-state index contributed by atoms with van der Waals surface area (Å²) in [6.45, 7) is 7.35. The minimum Gasteiger partial charge on any atom is -0.0802 e. The van der Waals surface area contributed by atoms with Crippen LogP contribution in [0.15, 0.2) is 23.8 Å². The van der Waals surface area contributed by atoms with Crippen LogP contribution in [0.3, 0.4) is 0 Å². The Balaban J connectivity index is 1.78. The summed E-state index contributed by atoms with van der Waals surface area (Å²) >= 11 is 0. The Morgan fingerprint density at radius 3 is 2.41 bits per heavy atom. The van der Waals surface area contributed by atoms with Gasteiger partial charge in [0.1, 0.15) is 0 Å². The maximum atomic E-state index is 2.60. The van der Waals surface area contributed by atoms with Crippen LogP contribution in [0.25, 0.3) is 0 Å². The van der Waals surface area contributed by atoms with Crippen LogP contribution in [0.4, 0.5) is 0 Å². The zero-order valence-corrected chi connectivity index (χ0v) is 11.6. The van der Waals surface area contributed by atoms with Gasteiger partial charge >= 0.3 is 0 Å². The standard InChI is InChI=1S/C17H26/c1-12-15-10-9-14(11-16(12)15)17(2,3)13-7-5-4-6-8-13/h9-13,15-16H,4-8H2,1-3H3. The smallest absolute Gasteiger partial charge is 0.00785 e. The molecule has 0 aliphatic heterocycles. The minimum absolute atomic E-state index is 0.407. The molecule has 0 heterocycles. The number of fused-ring (bicyclic) bond motifs is 1. The number of allylic oxidation sites excluding steroid dienone is 4. The van der Waals surface area contributed by atoms with E-state index in [9.17, 15) is 0 Å². The maximum Gasteiger partial charge on any atom is -0.00785 e. The Labute approximate surface area is 106 Å². The topological polar surface area (TPSA) is 0 Å². The van der Waals surface area contributed by atoms with Crippen molar-refractivity contribution in [2.45, 2.75) is 52.9 Å². The third kappa shape index (κ3) is 1.90. The molecule has 3 atom stereocenters. The Bertz CT molecular complexity index is 352. The molecule has 17 heavy (non-hydrogen) atoms. The van der Waals surface area contributed by atoms with Gasteiger partial charge in [0.05, 0.1) is 0 Å². The largest absolute Gasteiger partial charge is 0.0802 e. The third-order valence-electron chi connectivity index (χ3n) is 5.76. The fourth-order valence-electron chi connectivity index (χ4n) is 4.06. The molecule has 0 radical (unpaired) electrons. The summed E-state index contributed by atoms with van der Waals surface area (Å²) in [5.74, 6) is 3.57. The Kier molecular flexibility index (Phi) is 2.72. The summed E-state index contributed by atoms with van der Waals surface area (Å²) in [5.41, 5.74) is 2.04. The van der Waals surface area contributed by atoms with E-state index in [-0.39, 0.29) is 0 Å². The molecule has 0 aromatic heterocycles. The first kappa shape index (κ1) is 11.6. The van der Waals surface area contributed by atoms with Crippen LogP contribution >= 0.6 is 0 Å². The van der Waals surface area contributed by atoms with Crippen molar-refractivity contribution in [2.24, 2.45) is 29.1 Å². The lowest BCUT2D eigenvalue weighted by atomic mass is 9.66. The summed E-state index contributed by atoms with van der Waals surface area (Å²) in [6, 6.07) is 0. The van der Waals surface area contributed by atoms with Gasteiger partial charge < -0.3 is 0 Å². The van der Waals surface area contributed by atoms with E-state index in [0.29, 0.717) is 5.41 Å². The first-order chi connectivity index (χ1) is 8.10. The van der Waals surface area contributed by atoms with Crippen LogP contribution in [0, 0.1) is 29.1 Å². The Hall–Kier alpha value is -0.520. The third-order valence-corrected chi connectivity index (χ3v) is 5.76. The van der Waals surface area contributed by atoms with Gasteiger partial charge in [0, 0.05) is 0 Å². The fraction of sp³-hybridized carbons (Fsp3) is 0.765. The summed E-state index contributed by atoms with van der Waals surface area (Å²) in [5, 5.41) is 0. The highest BCUT2D eigenvalue weighted by Crippen LogP contribution is 2.54. The van der Waals surface area contributed by atoms with Crippen LogP contribution in [-0.4, -0.2) is 0 Å². The van der Waals surface area contributed by atoms with Gasteiger partial charge in [0.2, 0.25) is 0 Å². The lowest BCUT2D eigenvalue weighted by Gasteiger charge is -2.39. The molecule has 94 valence electrons. The molecule has 0 saturated heterocycles. The summed E-state index contributed by atoms with van der Waals surface area (Å²) < 4.78 is 0. The maximum absolute atomic E-state index is 2.60. The van der Waals surface area contributed by atoms with Crippen molar-refractivity contribution in [3.63, 3.8) is 0 Å². The molecule has 0 bridgehead atoms. The van der Waals surface area contributed by atoms with Crippen molar-refractivity contribution in [3.05, 3.63) is 23.8 Å². The van der Waals surface area contributed by atoms with Gasteiger partial charge in [-0.3, -0.25) is 0 Å². The lowest BCUT2D eigenvalue weighted by molar-refractivity contribution is 0.200. The van der Waals surface area contributed by atoms with E-state index in [2.05, 4.69) is 39.0 Å². The van der Waals surface area contributed by atoms with Gasteiger partial charge in [0.15, 0.2) is 0 Å². The van der Waals surface area contributed by atoms with E-state index in [4.69, 9.17) is 0 Å². The van der Waals surface area contributed by atoms with E-state index in [1.807, 2.05) is 0 Å². The van der Waals surface area contributed by atoms with Crippen LogP contribution in [0.2, 0.25) is 0 Å². The molecule has 2 saturated carbocycles. The molecule has 3 unspecified atom stereocenters. The average Bonchev–Trinajstić information content (AvgIpc) is 3.01. The fourth-order valence-corrected chi connectivity index (χ4v) is 4.06. The molecule has 3 aliphatic rings. The van der Waals surface area contributed by atoms with Gasteiger partial charge in [-0.1, -0.05) is 58.3 Å². The van der Waals surface area contributed by atoms with Gasteiger partial charge in [-0.25, -0.2) is 0 Å². The lowest BCUT2D eigenvalue weighted by Crippen LogP contribution is -2.28. The molecule has 0 N–H and O–H groups in total. The van der Waals surface area contributed by atoms with Crippen LogP contribution in [-0.2, 0) is 0 Å². The number of hydrogen-bond acceptors (Lipinski definition) is 0. The van der Waals surface area contributed by atoms with Crippen molar-refractivity contribution in [2.75, 3.05) is 0 Å². The van der Waals surface area contributed by atoms with Gasteiger partial charge in [-0.2, -0.15) is 0 Å². The molecule has 0 aromatic carbocycles. The zero-order valence-electron chi connectivity index (χ0n) is 11.6. The highest BCUT2D eigenvalue weighted by Gasteiger charge is 2.46. The minimum atomic E-state index is 0.407. The van der Waals surface area contributed by atoms with E-state index < -0.39 is 0 Å². The summed E-state index contributed by atoms with van der Waals surface area (Å²) in [7, 11) is 0. The zero-order chi connectivity index (χ0) is 12.0. The predicted molar refractivity (Wildman–Crippen MR) is 73.7 cm³/mol. The second-order valence-corrected chi connectivity index (χ2v) is 7.05. The van der Waals surface area contributed by atoms with Crippen molar-refractivity contribution in [3.8, 4) is 0 Å². The normalized spacial score (nSPS) is 37.6. The summed E-state index contributed by atoms with van der Waals surface area (Å²) in [4.78, 5) is 0. The first-order valence-electron chi connectivity index (χ1n) is 7.51. The van der Waals surface area contributed by atoms with Gasteiger partial charge in [-0.05, 0) is 47.5 Å². The second-order valence-electron chi connectivity index (χ2n) is 7.05. The van der Waals surface area contributed by atoms with Crippen molar-refractivity contribution in [1.82, 2.24) is 0 Å². The monoisotopic (exact) mass is 230 g/mol. The Morgan fingerprint density at radius 2 is 1.76 bits per heavy atom. The van der Waals surface area contributed by atoms with Crippen molar-refractivity contribution in [1.29, 1.82) is 0 Å². The molecule has 0 heteroatoms. The van der Waals surface area contributed by atoms with Crippen molar-refractivity contribution >= 4 is 0 Å². The molecule has 3 rings (SSSR count). The molecule has 0 spiro atoms. The molecular formula is C17H26. The molecule has 2 fully saturated rings. The second kappa shape index (κ2) is 4.00. The van der Waals surface area contributed by atoms with Crippen LogP contribution in [0.5, 0.6) is 0 Å². The van der Waals surface area contributed by atoms with Crippen molar-refractivity contribution < 1.29 is 0 Å². The molecule has 0 nitrogen and oxygen atoms in total. The quantitative estimate of drug-likeness (QED) is 0.628.